The maximum Gasteiger partial charge on any atom is 0.416 e. The highest BCUT2D eigenvalue weighted by molar-refractivity contribution is 5.94. The van der Waals surface area contributed by atoms with Crippen molar-refractivity contribution in [2.75, 3.05) is 24.3 Å². The predicted molar refractivity (Wildman–Crippen MR) is 105 cm³/mol. The second kappa shape index (κ2) is 8.67. The number of carbonyl (C=O) groups is 1. The fourth-order valence-electron chi connectivity index (χ4n) is 3.34. The number of nitrogens with one attached hydrogen (secondary N) is 2. The van der Waals surface area contributed by atoms with E-state index >= 15 is 0 Å². The van der Waals surface area contributed by atoms with Gasteiger partial charge in [0.15, 0.2) is 0 Å². The van der Waals surface area contributed by atoms with E-state index in [0.717, 1.165) is 43.6 Å². The highest BCUT2D eigenvalue weighted by Crippen LogP contribution is 2.29. The van der Waals surface area contributed by atoms with E-state index in [4.69, 9.17) is 0 Å². The minimum absolute atomic E-state index is 0.0222. The van der Waals surface area contributed by atoms with Gasteiger partial charge in [0, 0.05) is 37.9 Å². The van der Waals surface area contributed by atoms with Gasteiger partial charge in [-0.2, -0.15) is 18.2 Å². The Labute approximate surface area is 167 Å². The molecule has 9 heteroatoms. The van der Waals surface area contributed by atoms with Crippen LogP contribution in [0.2, 0.25) is 0 Å². The lowest BCUT2D eigenvalue weighted by atomic mass is 9.91. The molecule has 1 aliphatic rings. The first-order valence-corrected chi connectivity index (χ1v) is 9.47. The average molecular weight is 407 g/mol. The molecule has 2 aromatic rings. The van der Waals surface area contributed by atoms with Crippen LogP contribution >= 0.6 is 0 Å². The Morgan fingerprint density at radius 2 is 1.79 bits per heavy atom. The van der Waals surface area contributed by atoms with Gasteiger partial charge in [-0.3, -0.25) is 4.79 Å². The third-order valence-corrected chi connectivity index (χ3v) is 4.95. The Hall–Kier alpha value is -2.84. The van der Waals surface area contributed by atoms with E-state index in [1.165, 1.54) is 12.1 Å². The summed E-state index contributed by atoms with van der Waals surface area (Å²) in [6, 6.07) is 6.44. The van der Waals surface area contributed by atoms with Gasteiger partial charge in [0.05, 0.1) is 5.56 Å². The molecule has 2 N–H and O–H groups in total. The molecule has 1 saturated carbocycles. The summed E-state index contributed by atoms with van der Waals surface area (Å²) in [5.74, 6) is 0.895. The smallest absolute Gasteiger partial charge is 0.363 e. The van der Waals surface area contributed by atoms with Crippen molar-refractivity contribution < 1.29 is 18.0 Å². The Morgan fingerprint density at radius 3 is 2.45 bits per heavy atom. The molecule has 156 valence electrons. The lowest BCUT2D eigenvalue weighted by Gasteiger charge is -2.29. The fraction of sp³-hybridized carbons (Fsp3) is 0.450. The fourth-order valence-corrected chi connectivity index (χ4v) is 3.34. The molecule has 0 bridgehead atoms. The Kier molecular flexibility index (Phi) is 6.24. The Morgan fingerprint density at radius 1 is 1.10 bits per heavy atom. The van der Waals surface area contributed by atoms with E-state index in [1.54, 1.807) is 6.20 Å². The second-order valence-corrected chi connectivity index (χ2v) is 7.38. The zero-order chi connectivity index (χ0) is 21.0. The molecule has 0 atom stereocenters. The van der Waals surface area contributed by atoms with E-state index in [-0.39, 0.29) is 17.6 Å². The minimum atomic E-state index is -4.47. The molecule has 3 rings (SSSR count). The van der Waals surface area contributed by atoms with Crippen LogP contribution in [0, 0.1) is 0 Å². The van der Waals surface area contributed by atoms with E-state index in [2.05, 4.69) is 20.6 Å². The third kappa shape index (κ3) is 5.58. The molecule has 1 amide bonds. The van der Waals surface area contributed by atoms with Crippen LogP contribution in [0.5, 0.6) is 0 Å². The van der Waals surface area contributed by atoms with Gasteiger partial charge < -0.3 is 15.5 Å². The number of hydrogen-bond acceptors (Lipinski definition) is 5. The summed E-state index contributed by atoms with van der Waals surface area (Å²) in [4.78, 5) is 22.9. The van der Waals surface area contributed by atoms with Crippen molar-refractivity contribution in [1.82, 2.24) is 15.3 Å². The Balaban J connectivity index is 1.52. The van der Waals surface area contributed by atoms with Gasteiger partial charge in [-0.1, -0.05) is 6.07 Å². The molecule has 0 saturated heterocycles. The minimum Gasteiger partial charge on any atom is -0.363 e. The number of aromatic nitrogens is 2. The molecular formula is C20H24F3N5O. The molecule has 29 heavy (non-hydrogen) atoms. The van der Waals surface area contributed by atoms with Gasteiger partial charge in [-0.05, 0) is 49.9 Å². The van der Waals surface area contributed by atoms with Crippen molar-refractivity contribution in [3.05, 3.63) is 47.7 Å². The second-order valence-electron chi connectivity index (χ2n) is 7.38. The standard InChI is InChI=1S/C20H24F3N5O/c1-28(2)17-10-11-24-19(27-17)26-16-8-6-15(7-9-16)25-18(29)13-4-3-5-14(12-13)20(21,22)23/h3-5,10-12,15-16H,6-9H2,1-2H3,(H,25,29)(H,24,26,27)/t15-,16+. The molecule has 0 radical (unpaired) electrons. The van der Waals surface area contributed by atoms with Gasteiger partial charge in [0.1, 0.15) is 5.82 Å². The van der Waals surface area contributed by atoms with Gasteiger partial charge in [0.2, 0.25) is 5.95 Å². The molecule has 1 heterocycles. The molecule has 1 fully saturated rings. The van der Waals surface area contributed by atoms with Gasteiger partial charge in [-0.15, -0.1) is 0 Å². The number of alkyl halides is 3. The average Bonchev–Trinajstić information content (AvgIpc) is 2.69. The van der Waals surface area contributed by atoms with Crippen molar-refractivity contribution in [2.45, 2.75) is 43.9 Å². The van der Waals surface area contributed by atoms with Crippen LogP contribution in [0.4, 0.5) is 24.9 Å². The molecule has 0 aliphatic heterocycles. The summed E-state index contributed by atoms with van der Waals surface area (Å²) < 4.78 is 38.5. The van der Waals surface area contributed by atoms with E-state index in [0.29, 0.717) is 5.95 Å². The van der Waals surface area contributed by atoms with E-state index in [9.17, 15) is 18.0 Å². The zero-order valence-electron chi connectivity index (χ0n) is 16.3. The quantitative estimate of drug-likeness (QED) is 0.791. The van der Waals surface area contributed by atoms with Crippen LogP contribution in [0.25, 0.3) is 0 Å². The van der Waals surface area contributed by atoms with Gasteiger partial charge in [0.25, 0.3) is 5.91 Å². The number of amides is 1. The van der Waals surface area contributed by atoms with E-state index < -0.39 is 17.6 Å². The highest BCUT2D eigenvalue weighted by Gasteiger charge is 2.31. The largest absolute Gasteiger partial charge is 0.416 e. The van der Waals surface area contributed by atoms with E-state index in [1.807, 2.05) is 25.1 Å². The molecule has 1 aromatic carbocycles. The molecular weight excluding hydrogens is 383 g/mol. The summed E-state index contributed by atoms with van der Waals surface area (Å²) in [7, 11) is 3.81. The number of halogens is 3. The first-order chi connectivity index (χ1) is 13.7. The highest BCUT2D eigenvalue weighted by atomic mass is 19.4. The van der Waals surface area contributed by atoms with Crippen LogP contribution in [-0.4, -0.2) is 42.1 Å². The number of rotatable bonds is 5. The summed E-state index contributed by atoms with van der Waals surface area (Å²) in [5, 5.41) is 6.17. The van der Waals surface area contributed by atoms with Crippen LogP contribution in [0.3, 0.4) is 0 Å². The lowest BCUT2D eigenvalue weighted by molar-refractivity contribution is -0.137. The molecule has 1 aromatic heterocycles. The summed E-state index contributed by atoms with van der Waals surface area (Å²) >= 11 is 0. The molecule has 6 nitrogen and oxygen atoms in total. The molecule has 0 spiro atoms. The summed E-state index contributed by atoms with van der Waals surface area (Å²) in [6.07, 6.45) is 0.315. The van der Waals surface area contributed by atoms with Crippen molar-refractivity contribution in [1.29, 1.82) is 0 Å². The number of carbonyl (C=O) groups excluding carboxylic acids is 1. The topological polar surface area (TPSA) is 70.2 Å². The van der Waals surface area contributed by atoms with Crippen LogP contribution in [0.1, 0.15) is 41.6 Å². The van der Waals surface area contributed by atoms with Crippen molar-refractivity contribution >= 4 is 17.7 Å². The van der Waals surface area contributed by atoms with Crippen LogP contribution < -0.4 is 15.5 Å². The Bertz CT molecular complexity index is 848. The lowest BCUT2D eigenvalue weighted by Crippen LogP contribution is -2.40. The summed E-state index contributed by atoms with van der Waals surface area (Å²) in [5.41, 5.74) is -0.799. The normalized spacial score (nSPS) is 19.5. The van der Waals surface area contributed by atoms with Crippen LogP contribution in [-0.2, 0) is 6.18 Å². The monoisotopic (exact) mass is 407 g/mol. The zero-order valence-corrected chi connectivity index (χ0v) is 16.3. The van der Waals surface area contributed by atoms with Crippen molar-refractivity contribution in [3.8, 4) is 0 Å². The number of hydrogen-bond donors (Lipinski definition) is 2. The van der Waals surface area contributed by atoms with Gasteiger partial charge in [-0.25, -0.2) is 4.98 Å². The number of benzene rings is 1. The number of anilines is 2. The maximum absolute atomic E-state index is 12.8. The first kappa shape index (κ1) is 20.9. The van der Waals surface area contributed by atoms with Crippen molar-refractivity contribution in [2.24, 2.45) is 0 Å². The predicted octanol–water partition coefficient (Wildman–Crippen LogP) is 3.71. The van der Waals surface area contributed by atoms with Crippen molar-refractivity contribution in [3.63, 3.8) is 0 Å². The molecule has 0 unspecified atom stereocenters. The maximum atomic E-state index is 12.8. The van der Waals surface area contributed by atoms with Crippen LogP contribution in [0.15, 0.2) is 36.5 Å². The first-order valence-electron chi connectivity index (χ1n) is 9.47. The summed E-state index contributed by atoms with van der Waals surface area (Å²) in [6.45, 7) is 0. The third-order valence-electron chi connectivity index (χ3n) is 4.95. The SMILES string of the molecule is CN(C)c1ccnc(N[C@H]2CC[C@@H](NC(=O)c3cccc(C(F)(F)F)c3)CC2)n1. The van der Waals surface area contributed by atoms with Gasteiger partial charge >= 0.3 is 6.18 Å². The number of nitrogens with zero attached hydrogens (tertiary/aromatic N) is 3. The molecule has 1 aliphatic carbocycles.